The van der Waals surface area contributed by atoms with Gasteiger partial charge in [0.05, 0.1) is 12.8 Å². The van der Waals surface area contributed by atoms with Gasteiger partial charge in [0.15, 0.2) is 0 Å². The number of aryl methyl sites for hydroxylation is 2. The summed E-state index contributed by atoms with van der Waals surface area (Å²) in [6, 6.07) is 15.5. The lowest BCUT2D eigenvalue weighted by Crippen LogP contribution is -2.52. The lowest BCUT2D eigenvalue weighted by molar-refractivity contribution is -0.136. The molecule has 1 aliphatic rings. The lowest BCUT2D eigenvalue weighted by atomic mass is 10.0. The van der Waals surface area contributed by atoms with Crippen molar-refractivity contribution in [1.29, 1.82) is 0 Å². The number of carbonyl (C=O) groups excluding carboxylic acids is 2. The number of methoxy groups -OCH3 is 1. The van der Waals surface area contributed by atoms with Crippen molar-refractivity contribution < 1.29 is 14.3 Å². The number of carbonyl (C=O) groups is 2. The molecule has 0 spiro atoms. The number of amides is 2. The molecule has 1 heterocycles. The summed E-state index contributed by atoms with van der Waals surface area (Å²) in [5.74, 6) is 0.617. The molecule has 5 nitrogen and oxygen atoms in total. The average molecular weight is 352 g/mol. The molecule has 1 saturated heterocycles. The predicted octanol–water partition coefficient (Wildman–Crippen LogP) is 2.81. The third-order valence-electron chi connectivity index (χ3n) is 4.82. The Labute approximate surface area is 154 Å². The fourth-order valence-electron chi connectivity index (χ4n) is 3.28. The number of nitrogens with zero attached hydrogens (tertiary/aromatic N) is 2. The van der Waals surface area contributed by atoms with Crippen LogP contribution in [-0.4, -0.2) is 43.5 Å². The zero-order valence-electron chi connectivity index (χ0n) is 15.3. The monoisotopic (exact) mass is 352 g/mol. The maximum Gasteiger partial charge on any atom is 0.246 e. The summed E-state index contributed by atoms with van der Waals surface area (Å²) in [5.41, 5.74) is 3.13. The van der Waals surface area contributed by atoms with Gasteiger partial charge in [0, 0.05) is 19.5 Å². The Hall–Kier alpha value is -2.82. The van der Waals surface area contributed by atoms with Crippen molar-refractivity contribution in [2.45, 2.75) is 19.8 Å². The first-order valence-electron chi connectivity index (χ1n) is 8.86. The molecule has 26 heavy (non-hydrogen) atoms. The fraction of sp³-hybridized carbons (Fsp3) is 0.333. The molecule has 0 radical (unpaired) electrons. The van der Waals surface area contributed by atoms with E-state index in [9.17, 15) is 9.59 Å². The highest BCUT2D eigenvalue weighted by Crippen LogP contribution is 2.29. The van der Waals surface area contributed by atoms with Crippen LogP contribution in [0.1, 0.15) is 17.5 Å². The van der Waals surface area contributed by atoms with Crippen molar-refractivity contribution >= 4 is 17.5 Å². The van der Waals surface area contributed by atoms with Gasteiger partial charge in [-0.25, -0.2) is 0 Å². The predicted molar refractivity (Wildman–Crippen MR) is 101 cm³/mol. The number of para-hydroxylation sites is 2. The number of ether oxygens (including phenoxy) is 1. The number of anilines is 1. The Morgan fingerprint density at radius 1 is 1.08 bits per heavy atom. The minimum absolute atomic E-state index is 0.0290. The van der Waals surface area contributed by atoms with Gasteiger partial charge in [0.25, 0.3) is 0 Å². The Kier molecular flexibility index (Phi) is 5.56. The quantitative estimate of drug-likeness (QED) is 0.831. The summed E-state index contributed by atoms with van der Waals surface area (Å²) in [4.78, 5) is 28.5. The lowest BCUT2D eigenvalue weighted by Gasteiger charge is -2.35. The molecule has 0 aliphatic carbocycles. The molecule has 5 heteroatoms. The standard InChI is InChI=1S/C21H24N2O3/c1-16-7-3-4-8-17(16)11-12-20(24)22-13-14-23(21(25)15-22)18-9-5-6-10-19(18)26-2/h3-10H,11-15H2,1-2H3. The zero-order chi connectivity index (χ0) is 18.5. The third kappa shape index (κ3) is 3.87. The van der Waals surface area contributed by atoms with Gasteiger partial charge in [-0.1, -0.05) is 36.4 Å². The zero-order valence-corrected chi connectivity index (χ0v) is 15.3. The normalized spacial score (nSPS) is 14.5. The summed E-state index contributed by atoms with van der Waals surface area (Å²) in [5, 5.41) is 0. The number of benzene rings is 2. The smallest absolute Gasteiger partial charge is 0.246 e. The van der Waals surface area contributed by atoms with Gasteiger partial charge in [-0.15, -0.1) is 0 Å². The van der Waals surface area contributed by atoms with Crippen LogP contribution in [0.4, 0.5) is 5.69 Å². The third-order valence-corrected chi connectivity index (χ3v) is 4.82. The van der Waals surface area contributed by atoms with E-state index in [1.807, 2.05) is 42.5 Å². The van der Waals surface area contributed by atoms with Crippen LogP contribution in [0, 0.1) is 6.92 Å². The summed E-state index contributed by atoms with van der Waals surface area (Å²) in [6.45, 7) is 3.19. The molecule has 0 bridgehead atoms. The molecule has 3 rings (SSSR count). The molecule has 1 fully saturated rings. The molecule has 2 amide bonds. The highest BCUT2D eigenvalue weighted by molar-refractivity contribution is 5.99. The van der Waals surface area contributed by atoms with E-state index in [-0.39, 0.29) is 18.4 Å². The first-order valence-corrected chi connectivity index (χ1v) is 8.86. The van der Waals surface area contributed by atoms with Crippen molar-refractivity contribution in [2.24, 2.45) is 0 Å². The Balaban J connectivity index is 1.60. The average Bonchev–Trinajstić information content (AvgIpc) is 2.67. The van der Waals surface area contributed by atoms with E-state index < -0.39 is 0 Å². The minimum atomic E-state index is -0.0787. The summed E-state index contributed by atoms with van der Waals surface area (Å²) >= 11 is 0. The van der Waals surface area contributed by atoms with Gasteiger partial charge in [-0.2, -0.15) is 0 Å². The van der Waals surface area contributed by atoms with Crippen LogP contribution < -0.4 is 9.64 Å². The molecule has 0 N–H and O–H groups in total. The molecule has 2 aromatic carbocycles. The van der Waals surface area contributed by atoms with E-state index in [0.717, 1.165) is 5.69 Å². The van der Waals surface area contributed by atoms with Crippen molar-refractivity contribution in [1.82, 2.24) is 4.90 Å². The van der Waals surface area contributed by atoms with Gasteiger partial charge in [-0.3, -0.25) is 9.59 Å². The van der Waals surface area contributed by atoms with Crippen LogP contribution in [-0.2, 0) is 16.0 Å². The van der Waals surface area contributed by atoms with E-state index in [1.54, 1.807) is 16.9 Å². The molecular formula is C21H24N2O3. The SMILES string of the molecule is COc1ccccc1N1CCN(C(=O)CCc2ccccc2C)CC1=O. The van der Waals surface area contributed by atoms with Gasteiger partial charge < -0.3 is 14.5 Å². The molecule has 0 aromatic heterocycles. The topological polar surface area (TPSA) is 49.9 Å². The van der Waals surface area contributed by atoms with E-state index in [1.165, 1.54) is 11.1 Å². The molecule has 0 saturated carbocycles. The summed E-state index contributed by atoms with van der Waals surface area (Å²) in [6.07, 6.45) is 1.12. The second kappa shape index (κ2) is 8.04. The number of hydrogen-bond acceptors (Lipinski definition) is 3. The fourth-order valence-corrected chi connectivity index (χ4v) is 3.28. The molecule has 1 aliphatic heterocycles. The first kappa shape index (κ1) is 18.0. The second-order valence-corrected chi connectivity index (χ2v) is 6.46. The minimum Gasteiger partial charge on any atom is -0.495 e. The number of hydrogen-bond donors (Lipinski definition) is 0. The van der Waals surface area contributed by atoms with Crippen LogP contribution in [0.2, 0.25) is 0 Å². The van der Waals surface area contributed by atoms with Crippen molar-refractivity contribution in [3.05, 3.63) is 59.7 Å². The molecular weight excluding hydrogens is 328 g/mol. The molecule has 136 valence electrons. The van der Waals surface area contributed by atoms with Gasteiger partial charge in [-0.05, 0) is 36.6 Å². The van der Waals surface area contributed by atoms with Crippen LogP contribution in [0.25, 0.3) is 0 Å². The van der Waals surface area contributed by atoms with E-state index >= 15 is 0 Å². The number of rotatable bonds is 5. The molecule has 0 atom stereocenters. The van der Waals surface area contributed by atoms with Gasteiger partial charge in [0.1, 0.15) is 12.3 Å². The van der Waals surface area contributed by atoms with Gasteiger partial charge >= 0.3 is 0 Å². The van der Waals surface area contributed by atoms with Crippen LogP contribution in [0.3, 0.4) is 0 Å². The van der Waals surface area contributed by atoms with E-state index in [2.05, 4.69) is 13.0 Å². The maximum atomic E-state index is 12.6. The van der Waals surface area contributed by atoms with Crippen molar-refractivity contribution in [3.8, 4) is 5.75 Å². The Morgan fingerprint density at radius 3 is 2.54 bits per heavy atom. The van der Waals surface area contributed by atoms with Crippen LogP contribution in [0.5, 0.6) is 5.75 Å². The van der Waals surface area contributed by atoms with Gasteiger partial charge in [0.2, 0.25) is 11.8 Å². The largest absolute Gasteiger partial charge is 0.495 e. The van der Waals surface area contributed by atoms with E-state index in [4.69, 9.17) is 4.74 Å². The highest BCUT2D eigenvalue weighted by Gasteiger charge is 2.29. The molecule has 2 aromatic rings. The van der Waals surface area contributed by atoms with Crippen molar-refractivity contribution in [2.75, 3.05) is 31.6 Å². The summed E-state index contributed by atoms with van der Waals surface area (Å²) in [7, 11) is 1.59. The molecule has 0 unspecified atom stereocenters. The highest BCUT2D eigenvalue weighted by atomic mass is 16.5. The summed E-state index contributed by atoms with van der Waals surface area (Å²) < 4.78 is 5.35. The Morgan fingerprint density at radius 2 is 1.81 bits per heavy atom. The maximum absolute atomic E-state index is 12.6. The Bertz CT molecular complexity index is 803. The van der Waals surface area contributed by atoms with E-state index in [0.29, 0.717) is 31.7 Å². The first-order chi connectivity index (χ1) is 12.6. The number of piperazine rings is 1. The van der Waals surface area contributed by atoms with Crippen LogP contribution in [0.15, 0.2) is 48.5 Å². The second-order valence-electron chi connectivity index (χ2n) is 6.46. The van der Waals surface area contributed by atoms with Crippen LogP contribution >= 0.6 is 0 Å². The van der Waals surface area contributed by atoms with Crippen molar-refractivity contribution in [3.63, 3.8) is 0 Å².